The van der Waals surface area contributed by atoms with Gasteiger partial charge in [0.1, 0.15) is 30.3 Å². The summed E-state index contributed by atoms with van der Waals surface area (Å²) >= 11 is 7.02. The molecule has 66 heavy (non-hydrogen) atoms. The van der Waals surface area contributed by atoms with Gasteiger partial charge in [-0.15, -0.1) is 0 Å². The Kier molecular flexibility index (Phi) is 15.1. The molecule has 13 nitrogen and oxygen atoms in total. The number of methoxy groups -OCH3 is 1. The molecule has 0 aromatic heterocycles. The molecule has 0 saturated carbocycles. The van der Waals surface area contributed by atoms with Gasteiger partial charge in [0.05, 0.1) is 29.4 Å². The second-order valence-corrected chi connectivity index (χ2v) is 15.8. The van der Waals surface area contributed by atoms with Crippen LogP contribution in [0.5, 0.6) is 11.5 Å². The number of rotatable bonds is 16. The lowest BCUT2D eigenvalue weighted by Gasteiger charge is -2.49. The summed E-state index contributed by atoms with van der Waals surface area (Å²) in [4.78, 5) is 68.0. The van der Waals surface area contributed by atoms with Gasteiger partial charge in [-0.3, -0.25) is 4.79 Å². The van der Waals surface area contributed by atoms with Crippen molar-refractivity contribution in [2.45, 2.75) is 57.1 Å². The summed E-state index contributed by atoms with van der Waals surface area (Å²) < 4.78 is 49.0. The number of carbonyl (C=O) groups is 5. The van der Waals surface area contributed by atoms with E-state index in [1.807, 2.05) is 12.1 Å². The third kappa shape index (κ3) is 11.6. The Balaban J connectivity index is 1.39. The Morgan fingerprint density at radius 1 is 0.591 bits per heavy atom. The molecular weight excluding hydrogens is 868 g/mol. The van der Waals surface area contributed by atoms with Crippen LogP contribution in [0.3, 0.4) is 0 Å². The van der Waals surface area contributed by atoms with E-state index in [9.17, 15) is 24.0 Å². The van der Waals surface area contributed by atoms with Gasteiger partial charge in [-0.2, -0.15) is 0 Å². The highest BCUT2D eigenvalue weighted by atomic mass is 35.5. The fourth-order valence-corrected chi connectivity index (χ4v) is 7.46. The number of esters is 5. The van der Waals surface area contributed by atoms with Crippen LogP contribution in [0.1, 0.15) is 72.0 Å². The molecule has 0 unspecified atom stereocenters. The second-order valence-electron chi connectivity index (χ2n) is 15.4. The smallest absolute Gasteiger partial charge is 0.338 e. The molecule has 0 N–H and O–H groups in total. The van der Waals surface area contributed by atoms with E-state index in [4.69, 9.17) is 49.5 Å². The predicted molar refractivity (Wildman–Crippen MR) is 240 cm³/mol. The molecule has 5 atom stereocenters. The Morgan fingerprint density at radius 3 is 1.58 bits per heavy atom. The van der Waals surface area contributed by atoms with Crippen LogP contribution < -0.4 is 9.47 Å². The third-order valence-electron chi connectivity index (χ3n) is 10.6. The maximum atomic E-state index is 14.2. The summed E-state index contributed by atoms with van der Waals surface area (Å²) in [6.07, 6.45) is -6.58. The van der Waals surface area contributed by atoms with Crippen LogP contribution in [-0.2, 0) is 46.2 Å². The molecule has 0 radical (unpaired) electrons. The number of benzene rings is 6. The van der Waals surface area contributed by atoms with Crippen LogP contribution >= 0.6 is 11.6 Å². The lowest BCUT2D eigenvalue weighted by atomic mass is 9.87. The molecule has 0 spiro atoms. The van der Waals surface area contributed by atoms with Crippen molar-refractivity contribution >= 4 is 41.4 Å². The quantitative estimate of drug-likeness (QED) is 0.0669. The molecule has 7 rings (SSSR count). The first-order valence-corrected chi connectivity index (χ1v) is 21.2. The fraction of sp³-hybridized carbons (Fsp3) is 0.212. The van der Waals surface area contributed by atoms with Gasteiger partial charge in [0, 0.05) is 23.9 Å². The van der Waals surface area contributed by atoms with Crippen molar-refractivity contribution in [3.8, 4) is 11.5 Å². The van der Waals surface area contributed by atoms with Gasteiger partial charge in [-0.1, -0.05) is 96.5 Å². The molecule has 1 fully saturated rings. The van der Waals surface area contributed by atoms with E-state index in [1.54, 1.807) is 116 Å². The highest BCUT2D eigenvalue weighted by molar-refractivity contribution is 6.31. The minimum absolute atomic E-state index is 0.0997. The first kappa shape index (κ1) is 46.5. The van der Waals surface area contributed by atoms with E-state index in [-0.39, 0.29) is 46.1 Å². The van der Waals surface area contributed by atoms with Crippen molar-refractivity contribution in [3.63, 3.8) is 0 Å². The minimum Gasteiger partial charge on any atom is -0.497 e. The standard InChI is InChI=1S/C52H45ClO13/c1-33(54)60-31-35-29-42(53)41(28-34-24-26-40(59-3)27-25-34)43(30-35)62-51-45(64-49(57)38-20-12-6-13-21-38)44(63-48(56)37-18-10-5-11-19-37)46(65-50(58)39-22-14-7-15-23-39)52(2,66-51)32-61-47(55)36-16-8-4-9-17-36/h4-27,29-30,44-46,51H,28,31-32H2,1-3H3/t44-,45-,46+,51-,52-/m1/s1. The van der Waals surface area contributed by atoms with E-state index in [0.717, 1.165) is 5.56 Å². The Labute approximate surface area is 386 Å². The number of hydrogen-bond acceptors (Lipinski definition) is 13. The first-order chi connectivity index (χ1) is 31.9. The number of halogens is 1. The largest absolute Gasteiger partial charge is 0.497 e. The SMILES string of the molecule is COc1ccc(Cc2c(Cl)cc(COC(C)=O)cc2O[C@@H]2O[C@](C)(COC(=O)c3ccccc3)[C@@H](OC(=O)c3ccccc3)[C@H](OC(=O)c3ccccc3)[C@H]2OC(=O)c2ccccc2)cc1. The first-order valence-electron chi connectivity index (χ1n) is 20.8. The van der Waals surface area contributed by atoms with Crippen LogP contribution in [0.25, 0.3) is 0 Å². The molecule has 1 aliphatic rings. The summed E-state index contributed by atoms with van der Waals surface area (Å²) in [5.41, 5.74) is 0.347. The van der Waals surface area contributed by atoms with E-state index < -0.39 is 66.7 Å². The van der Waals surface area contributed by atoms with Crippen LogP contribution in [0.15, 0.2) is 158 Å². The summed E-state index contributed by atoms with van der Waals surface area (Å²) in [6.45, 7) is 1.97. The van der Waals surface area contributed by atoms with Gasteiger partial charge in [-0.25, -0.2) is 19.2 Å². The van der Waals surface area contributed by atoms with Crippen LogP contribution in [0.2, 0.25) is 5.02 Å². The second kappa shape index (κ2) is 21.5. The average Bonchev–Trinajstić information content (AvgIpc) is 3.34. The van der Waals surface area contributed by atoms with Gasteiger partial charge in [0.15, 0.2) is 12.2 Å². The van der Waals surface area contributed by atoms with Crippen molar-refractivity contribution in [2.75, 3.05) is 13.7 Å². The van der Waals surface area contributed by atoms with Gasteiger partial charge in [0.25, 0.3) is 0 Å². The number of ether oxygens (including phenoxy) is 8. The molecule has 6 aromatic carbocycles. The van der Waals surface area contributed by atoms with Crippen LogP contribution in [0, 0.1) is 0 Å². The summed E-state index contributed by atoms with van der Waals surface area (Å²) in [6, 6.07) is 42.8. The molecule has 0 amide bonds. The predicted octanol–water partition coefficient (Wildman–Crippen LogP) is 9.03. The maximum absolute atomic E-state index is 14.2. The zero-order chi connectivity index (χ0) is 46.6. The van der Waals surface area contributed by atoms with E-state index in [0.29, 0.717) is 16.9 Å². The topological polar surface area (TPSA) is 159 Å². The Morgan fingerprint density at radius 2 is 1.08 bits per heavy atom. The van der Waals surface area contributed by atoms with Crippen LogP contribution in [-0.4, -0.2) is 73.8 Å². The molecule has 0 bridgehead atoms. The van der Waals surface area contributed by atoms with Crippen molar-refractivity contribution in [3.05, 3.63) is 202 Å². The van der Waals surface area contributed by atoms with E-state index in [2.05, 4.69) is 0 Å². The molecule has 338 valence electrons. The Bertz CT molecular complexity index is 2630. The minimum atomic E-state index is -1.91. The highest BCUT2D eigenvalue weighted by Crippen LogP contribution is 2.40. The zero-order valence-electron chi connectivity index (χ0n) is 36.1. The molecule has 0 aliphatic carbocycles. The summed E-state index contributed by atoms with van der Waals surface area (Å²) in [7, 11) is 1.55. The number of hydrogen-bond donors (Lipinski definition) is 0. The van der Waals surface area contributed by atoms with Crippen LogP contribution in [0.4, 0.5) is 0 Å². The van der Waals surface area contributed by atoms with Crippen molar-refractivity contribution in [1.82, 2.24) is 0 Å². The van der Waals surface area contributed by atoms with Crippen molar-refractivity contribution < 1.29 is 61.9 Å². The van der Waals surface area contributed by atoms with Crippen molar-refractivity contribution in [2.24, 2.45) is 0 Å². The molecule has 1 saturated heterocycles. The molecule has 1 heterocycles. The van der Waals surface area contributed by atoms with E-state index in [1.165, 1.54) is 50.2 Å². The monoisotopic (exact) mass is 912 g/mol. The van der Waals surface area contributed by atoms with Gasteiger partial charge < -0.3 is 37.9 Å². The van der Waals surface area contributed by atoms with Gasteiger partial charge in [0.2, 0.25) is 12.4 Å². The molecular formula is C52H45ClO13. The zero-order valence-corrected chi connectivity index (χ0v) is 36.9. The lowest BCUT2D eigenvalue weighted by Crippen LogP contribution is -2.69. The van der Waals surface area contributed by atoms with Gasteiger partial charge in [-0.05, 0) is 90.8 Å². The average molecular weight is 913 g/mol. The molecule has 6 aromatic rings. The third-order valence-corrected chi connectivity index (χ3v) is 10.9. The van der Waals surface area contributed by atoms with Crippen molar-refractivity contribution in [1.29, 1.82) is 0 Å². The maximum Gasteiger partial charge on any atom is 0.338 e. The van der Waals surface area contributed by atoms with E-state index >= 15 is 0 Å². The normalized spacial score (nSPS) is 18.8. The van der Waals surface area contributed by atoms with Gasteiger partial charge >= 0.3 is 29.8 Å². The molecule has 1 aliphatic heterocycles. The highest BCUT2D eigenvalue weighted by Gasteiger charge is 2.60. The Hall–Kier alpha value is -7.48. The fourth-order valence-electron chi connectivity index (χ4n) is 7.16. The molecule has 14 heteroatoms. The summed E-state index contributed by atoms with van der Waals surface area (Å²) in [5, 5.41) is 0.223. The lowest BCUT2D eigenvalue weighted by molar-refractivity contribution is -0.310. The number of carbonyl (C=O) groups excluding carboxylic acids is 5. The summed E-state index contributed by atoms with van der Waals surface area (Å²) in [5.74, 6) is -3.16.